The summed E-state index contributed by atoms with van der Waals surface area (Å²) in [5, 5.41) is 9.56. The fourth-order valence-electron chi connectivity index (χ4n) is 2.99. The number of anilines is 2. The van der Waals surface area contributed by atoms with E-state index in [0.717, 1.165) is 37.6 Å². The van der Waals surface area contributed by atoms with Crippen LogP contribution in [0.4, 0.5) is 11.6 Å². The monoisotopic (exact) mass is 292 g/mol. The molecule has 1 aliphatic heterocycles. The summed E-state index contributed by atoms with van der Waals surface area (Å²) in [5.74, 6) is 1.87. The summed E-state index contributed by atoms with van der Waals surface area (Å²) in [7, 11) is 2.07. The summed E-state index contributed by atoms with van der Waals surface area (Å²) in [5.41, 5.74) is 0.221. The van der Waals surface area contributed by atoms with Crippen LogP contribution in [0.15, 0.2) is 12.4 Å². The van der Waals surface area contributed by atoms with E-state index in [4.69, 9.17) is 0 Å². The summed E-state index contributed by atoms with van der Waals surface area (Å²) in [6, 6.07) is 2.23. The molecule has 1 N–H and O–H groups in total. The number of aliphatic hydroxyl groups is 1. The summed E-state index contributed by atoms with van der Waals surface area (Å²) in [4.78, 5) is 13.2. The van der Waals surface area contributed by atoms with Crippen LogP contribution in [0.25, 0.3) is 0 Å². The van der Waals surface area contributed by atoms with E-state index >= 15 is 0 Å². The summed E-state index contributed by atoms with van der Waals surface area (Å²) in [6.07, 6.45) is 5.01. The molecule has 1 unspecified atom stereocenters. The molecule has 0 aliphatic carbocycles. The van der Waals surface area contributed by atoms with Crippen LogP contribution in [0.2, 0.25) is 0 Å². The Hall–Kier alpha value is -1.36. The maximum Gasteiger partial charge on any atom is 0.134 e. The van der Waals surface area contributed by atoms with Crippen molar-refractivity contribution in [2.75, 3.05) is 36.5 Å². The van der Waals surface area contributed by atoms with Crippen molar-refractivity contribution < 1.29 is 5.11 Å². The second-order valence-corrected chi connectivity index (χ2v) is 7.18. The van der Waals surface area contributed by atoms with Gasteiger partial charge in [0.1, 0.15) is 18.0 Å². The molecule has 0 amide bonds. The summed E-state index contributed by atoms with van der Waals surface area (Å²) >= 11 is 0. The summed E-state index contributed by atoms with van der Waals surface area (Å²) in [6.45, 7) is 8.75. The van der Waals surface area contributed by atoms with E-state index in [1.54, 1.807) is 6.33 Å². The Labute approximate surface area is 128 Å². The third-order valence-corrected chi connectivity index (χ3v) is 3.87. The van der Waals surface area contributed by atoms with Crippen LogP contribution in [-0.2, 0) is 0 Å². The van der Waals surface area contributed by atoms with E-state index < -0.39 is 0 Å². The van der Waals surface area contributed by atoms with Crippen LogP contribution >= 0.6 is 0 Å². The molecule has 0 bridgehead atoms. The molecule has 1 aromatic heterocycles. The second-order valence-electron chi connectivity index (χ2n) is 7.18. The molecule has 5 heteroatoms. The van der Waals surface area contributed by atoms with Gasteiger partial charge in [-0.3, -0.25) is 0 Å². The zero-order chi connectivity index (χ0) is 15.5. The molecule has 1 aromatic rings. The lowest BCUT2D eigenvalue weighted by atomic mass is 9.96. The zero-order valence-electron chi connectivity index (χ0n) is 13.7. The first-order valence-corrected chi connectivity index (χ1v) is 7.81. The lowest BCUT2D eigenvalue weighted by Crippen LogP contribution is -2.42. The predicted octanol–water partition coefficient (Wildman–Crippen LogP) is 2.31. The predicted molar refractivity (Wildman–Crippen MR) is 86.8 cm³/mol. The minimum atomic E-state index is 0.189. The number of nitrogens with zero attached hydrogens (tertiary/aromatic N) is 4. The van der Waals surface area contributed by atoms with Gasteiger partial charge in [0.2, 0.25) is 0 Å². The van der Waals surface area contributed by atoms with Crippen molar-refractivity contribution in [3.8, 4) is 0 Å². The molecule has 0 aromatic carbocycles. The van der Waals surface area contributed by atoms with Gasteiger partial charge in [0.25, 0.3) is 0 Å². The molecule has 1 saturated heterocycles. The quantitative estimate of drug-likeness (QED) is 0.923. The van der Waals surface area contributed by atoms with Gasteiger partial charge < -0.3 is 14.9 Å². The Balaban J connectivity index is 2.16. The van der Waals surface area contributed by atoms with E-state index in [9.17, 15) is 5.11 Å². The van der Waals surface area contributed by atoms with Crippen molar-refractivity contribution in [3.05, 3.63) is 12.4 Å². The maximum absolute atomic E-state index is 9.56. The molecular weight excluding hydrogens is 264 g/mol. The van der Waals surface area contributed by atoms with Crippen LogP contribution in [0.5, 0.6) is 0 Å². The highest BCUT2D eigenvalue weighted by atomic mass is 16.3. The number of piperidine rings is 1. The van der Waals surface area contributed by atoms with Gasteiger partial charge in [-0.25, -0.2) is 9.97 Å². The number of hydrogen-bond acceptors (Lipinski definition) is 5. The molecule has 5 nitrogen and oxygen atoms in total. The van der Waals surface area contributed by atoms with Gasteiger partial charge in [0, 0.05) is 26.2 Å². The smallest absolute Gasteiger partial charge is 0.134 e. The van der Waals surface area contributed by atoms with Crippen molar-refractivity contribution in [2.24, 2.45) is 5.41 Å². The molecule has 0 radical (unpaired) electrons. The Kier molecular flexibility index (Phi) is 5.04. The Morgan fingerprint density at radius 3 is 2.76 bits per heavy atom. The van der Waals surface area contributed by atoms with Crippen molar-refractivity contribution >= 4 is 11.6 Å². The van der Waals surface area contributed by atoms with Crippen molar-refractivity contribution in [1.82, 2.24) is 9.97 Å². The molecule has 1 aliphatic rings. The molecule has 1 fully saturated rings. The van der Waals surface area contributed by atoms with E-state index in [0.29, 0.717) is 0 Å². The molecule has 118 valence electrons. The number of aromatic nitrogens is 2. The highest BCUT2D eigenvalue weighted by Gasteiger charge is 2.24. The second kappa shape index (κ2) is 6.60. The summed E-state index contributed by atoms with van der Waals surface area (Å²) < 4.78 is 0. The van der Waals surface area contributed by atoms with E-state index in [1.165, 1.54) is 6.42 Å². The van der Waals surface area contributed by atoms with E-state index in [-0.39, 0.29) is 18.1 Å². The van der Waals surface area contributed by atoms with Crippen molar-refractivity contribution in [1.29, 1.82) is 0 Å². The first-order chi connectivity index (χ1) is 9.90. The Bertz CT molecular complexity index is 458. The minimum absolute atomic E-state index is 0.189. The third kappa shape index (κ3) is 4.30. The molecule has 2 rings (SSSR count). The molecular formula is C16H28N4O. The SMILES string of the molecule is CN(CC(C)(C)C)c1cc(N2CCCCC2CO)ncn1. The Morgan fingerprint density at radius 2 is 2.10 bits per heavy atom. The highest BCUT2D eigenvalue weighted by Crippen LogP contribution is 2.26. The van der Waals surface area contributed by atoms with Crippen LogP contribution < -0.4 is 9.80 Å². The normalized spacial score (nSPS) is 19.7. The van der Waals surface area contributed by atoms with Crippen LogP contribution in [0.3, 0.4) is 0 Å². The number of rotatable bonds is 4. The van der Waals surface area contributed by atoms with Gasteiger partial charge in [-0.2, -0.15) is 0 Å². The number of aliphatic hydroxyl groups excluding tert-OH is 1. The van der Waals surface area contributed by atoms with Gasteiger partial charge in [-0.05, 0) is 24.7 Å². The highest BCUT2D eigenvalue weighted by molar-refractivity contribution is 5.50. The number of hydrogen-bond donors (Lipinski definition) is 1. The van der Waals surface area contributed by atoms with Crippen LogP contribution in [0.1, 0.15) is 40.0 Å². The average Bonchev–Trinajstić information content (AvgIpc) is 2.45. The largest absolute Gasteiger partial charge is 0.394 e. The fraction of sp³-hybridized carbons (Fsp3) is 0.750. The molecule has 0 saturated carbocycles. The molecule has 0 spiro atoms. The van der Waals surface area contributed by atoms with E-state index in [2.05, 4.69) is 47.6 Å². The zero-order valence-corrected chi connectivity index (χ0v) is 13.7. The molecule has 1 atom stereocenters. The topological polar surface area (TPSA) is 52.5 Å². The van der Waals surface area contributed by atoms with E-state index in [1.807, 2.05) is 6.07 Å². The fourth-order valence-corrected chi connectivity index (χ4v) is 2.99. The average molecular weight is 292 g/mol. The standard InChI is InChI=1S/C16H28N4O/c1-16(2,3)11-19(4)14-9-15(18-12-17-14)20-8-6-5-7-13(20)10-21/h9,12-13,21H,5-8,10-11H2,1-4H3. The van der Waals surface area contributed by atoms with Gasteiger partial charge in [-0.1, -0.05) is 20.8 Å². The van der Waals surface area contributed by atoms with Gasteiger partial charge in [0.05, 0.1) is 12.6 Å². The third-order valence-electron chi connectivity index (χ3n) is 3.87. The maximum atomic E-state index is 9.56. The molecule has 21 heavy (non-hydrogen) atoms. The van der Waals surface area contributed by atoms with Gasteiger partial charge in [0.15, 0.2) is 0 Å². The van der Waals surface area contributed by atoms with Crippen LogP contribution in [0, 0.1) is 5.41 Å². The minimum Gasteiger partial charge on any atom is -0.394 e. The van der Waals surface area contributed by atoms with Crippen molar-refractivity contribution in [2.45, 2.75) is 46.1 Å². The Morgan fingerprint density at radius 1 is 1.33 bits per heavy atom. The lowest BCUT2D eigenvalue weighted by Gasteiger charge is -2.36. The molecule has 2 heterocycles. The van der Waals surface area contributed by atoms with Gasteiger partial charge >= 0.3 is 0 Å². The first-order valence-electron chi connectivity index (χ1n) is 7.81. The van der Waals surface area contributed by atoms with Crippen molar-refractivity contribution in [3.63, 3.8) is 0 Å². The lowest BCUT2D eigenvalue weighted by molar-refractivity contribution is 0.239. The first kappa shape index (κ1) is 16.0. The van der Waals surface area contributed by atoms with Crippen LogP contribution in [-0.4, -0.2) is 47.9 Å². The van der Waals surface area contributed by atoms with Gasteiger partial charge in [-0.15, -0.1) is 0 Å².